The molecule has 1 atom stereocenters. The minimum absolute atomic E-state index is 0. The molecule has 1 saturated heterocycles. The number of pyridine rings is 1. The van der Waals surface area contributed by atoms with E-state index < -0.39 is 12.7 Å². The van der Waals surface area contributed by atoms with Gasteiger partial charge in [0.05, 0.1) is 6.54 Å². The number of nitrogens with one attached hydrogen (secondary N) is 1. The first kappa shape index (κ1) is 20.9. The van der Waals surface area contributed by atoms with Crippen molar-refractivity contribution in [3.8, 4) is 0 Å². The van der Waals surface area contributed by atoms with E-state index in [2.05, 4.69) is 15.3 Å². The van der Waals surface area contributed by atoms with E-state index in [0.29, 0.717) is 32.1 Å². The number of hydrogen-bond acceptors (Lipinski definition) is 3. The number of aliphatic imine (C=N–C) groups is 1. The third kappa shape index (κ3) is 8.13. The number of rotatable bonds is 6. The van der Waals surface area contributed by atoms with E-state index in [1.54, 1.807) is 6.20 Å². The van der Waals surface area contributed by atoms with Crippen LogP contribution in [0.1, 0.15) is 12.1 Å². The molecule has 1 fully saturated rings. The predicted molar refractivity (Wildman–Crippen MR) is 98.5 cm³/mol. The summed E-state index contributed by atoms with van der Waals surface area (Å²) in [4.78, 5) is 9.85. The van der Waals surface area contributed by atoms with Gasteiger partial charge in [0.1, 0.15) is 0 Å². The fourth-order valence-corrected chi connectivity index (χ4v) is 2.61. The maximum absolute atomic E-state index is 12.3. The second-order valence-corrected chi connectivity index (χ2v) is 5.73. The van der Waals surface area contributed by atoms with Crippen molar-refractivity contribution in [2.75, 3.05) is 32.7 Å². The lowest BCUT2D eigenvalue weighted by Crippen LogP contribution is -2.34. The largest absolute Gasteiger partial charge is 0.401 e. The number of likely N-dealkylation sites (tertiary alicyclic amines) is 1. The van der Waals surface area contributed by atoms with Gasteiger partial charge in [-0.05, 0) is 31.0 Å². The molecule has 0 spiro atoms. The van der Waals surface area contributed by atoms with Crippen LogP contribution in [-0.2, 0) is 6.42 Å². The van der Waals surface area contributed by atoms with Crippen molar-refractivity contribution in [1.29, 1.82) is 0 Å². The molecule has 0 saturated carbocycles. The maximum atomic E-state index is 12.3. The van der Waals surface area contributed by atoms with Gasteiger partial charge in [-0.2, -0.15) is 13.2 Å². The van der Waals surface area contributed by atoms with Gasteiger partial charge in [-0.1, -0.05) is 6.07 Å². The van der Waals surface area contributed by atoms with Gasteiger partial charge in [-0.25, -0.2) is 0 Å². The van der Waals surface area contributed by atoms with E-state index in [1.165, 1.54) is 4.90 Å². The monoisotopic (exact) mass is 457 g/mol. The van der Waals surface area contributed by atoms with Crippen LogP contribution in [0.5, 0.6) is 0 Å². The number of aromatic nitrogens is 1. The van der Waals surface area contributed by atoms with E-state index in [-0.39, 0.29) is 29.9 Å². The third-order valence-corrected chi connectivity index (χ3v) is 3.71. The van der Waals surface area contributed by atoms with Crippen LogP contribution < -0.4 is 11.1 Å². The molecular formula is C15H23F3IN5. The van der Waals surface area contributed by atoms with E-state index in [4.69, 9.17) is 5.73 Å². The molecule has 1 aromatic rings. The summed E-state index contributed by atoms with van der Waals surface area (Å²) < 4.78 is 37.0. The zero-order valence-electron chi connectivity index (χ0n) is 13.3. The van der Waals surface area contributed by atoms with Gasteiger partial charge in [-0.3, -0.25) is 14.9 Å². The number of nitrogens with zero attached hydrogens (tertiary/aromatic N) is 3. The van der Waals surface area contributed by atoms with Crippen LogP contribution in [0.4, 0.5) is 13.2 Å². The molecule has 1 aliphatic rings. The first-order valence-electron chi connectivity index (χ1n) is 7.65. The molecular weight excluding hydrogens is 434 g/mol. The standard InChI is InChI=1S/C15H22F3N5.HI/c16-15(17,18)11-23-8-5-12(10-23)9-22-14(19)21-7-4-13-3-1-2-6-20-13;/h1-3,6,12H,4-5,7-11H2,(H3,19,21,22);1H. The summed E-state index contributed by atoms with van der Waals surface area (Å²) in [5.41, 5.74) is 6.74. The topological polar surface area (TPSA) is 66.5 Å². The van der Waals surface area contributed by atoms with E-state index in [1.807, 2.05) is 18.2 Å². The molecule has 9 heteroatoms. The Bertz CT molecular complexity index is 510. The fourth-order valence-electron chi connectivity index (χ4n) is 2.61. The lowest BCUT2D eigenvalue weighted by molar-refractivity contribution is -0.143. The number of nitrogens with two attached hydrogens (primary N) is 1. The van der Waals surface area contributed by atoms with Gasteiger partial charge >= 0.3 is 6.18 Å². The normalized spacial score (nSPS) is 19.1. The van der Waals surface area contributed by atoms with E-state index in [9.17, 15) is 13.2 Å². The van der Waals surface area contributed by atoms with Gasteiger partial charge in [0.15, 0.2) is 5.96 Å². The molecule has 136 valence electrons. The van der Waals surface area contributed by atoms with Crippen molar-refractivity contribution < 1.29 is 13.2 Å². The van der Waals surface area contributed by atoms with Gasteiger partial charge in [0.2, 0.25) is 0 Å². The van der Waals surface area contributed by atoms with Crippen molar-refractivity contribution >= 4 is 29.9 Å². The highest BCUT2D eigenvalue weighted by Gasteiger charge is 2.34. The van der Waals surface area contributed by atoms with Crippen LogP contribution in [0.15, 0.2) is 29.4 Å². The number of alkyl halides is 3. The Morgan fingerprint density at radius 1 is 1.42 bits per heavy atom. The maximum Gasteiger partial charge on any atom is 0.401 e. The SMILES string of the molecule is I.NC(=NCC1CCN(CC(F)(F)F)C1)NCCc1ccccn1. The average Bonchev–Trinajstić information content (AvgIpc) is 2.92. The van der Waals surface area contributed by atoms with Crippen molar-refractivity contribution in [2.45, 2.75) is 19.0 Å². The van der Waals surface area contributed by atoms with Gasteiger partial charge in [0.25, 0.3) is 0 Å². The average molecular weight is 457 g/mol. The molecule has 1 aromatic heterocycles. The second kappa shape index (κ2) is 10.0. The van der Waals surface area contributed by atoms with Crippen molar-refractivity contribution in [3.05, 3.63) is 30.1 Å². The summed E-state index contributed by atoms with van der Waals surface area (Å²) in [6.45, 7) is 1.12. The van der Waals surface area contributed by atoms with Crippen LogP contribution in [0, 0.1) is 5.92 Å². The molecule has 24 heavy (non-hydrogen) atoms. The summed E-state index contributed by atoms with van der Waals surface area (Å²) in [5.74, 6) is 0.462. The molecule has 2 heterocycles. The van der Waals surface area contributed by atoms with Crippen LogP contribution in [-0.4, -0.2) is 54.7 Å². The smallest absolute Gasteiger partial charge is 0.370 e. The Hall–Kier alpha value is -1.10. The first-order chi connectivity index (χ1) is 10.9. The first-order valence-corrected chi connectivity index (χ1v) is 7.65. The highest BCUT2D eigenvalue weighted by molar-refractivity contribution is 14.0. The Morgan fingerprint density at radius 2 is 2.21 bits per heavy atom. The van der Waals surface area contributed by atoms with Crippen LogP contribution in [0.2, 0.25) is 0 Å². The van der Waals surface area contributed by atoms with Gasteiger partial charge in [-0.15, -0.1) is 24.0 Å². The molecule has 0 amide bonds. The summed E-state index contributed by atoms with van der Waals surface area (Å²) in [6.07, 6.45) is -0.940. The second-order valence-electron chi connectivity index (χ2n) is 5.73. The summed E-state index contributed by atoms with van der Waals surface area (Å²) in [7, 11) is 0. The van der Waals surface area contributed by atoms with Crippen LogP contribution in [0.25, 0.3) is 0 Å². The molecule has 5 nitrogen and oxygen atoms in total. The third-order valence-electron chi connectivity index (χ3n) is 3.71. The molecule has 0 aromatic carbocycles. The molecule has 0 aliphatic carbocycles. The molecule has 2 rings (SSSR count). The summed E-state index contributed by atoms with van der Waals surface area (Å²) in [5, 5.41) is 3.00. The summed E-state index contributed by atoms with van der Waals surface area (Å²) >= 11 is 0. The van der Waals surface area contributed by atoms with E-state index >= 15 is 0 Å². The van der Waals surface area contributed by atoms with Crippen LogP contribution >= 0.6 is 24.0 Å². The van der Waals surface area contributed by atoms with Crippen molar-refractivity contribution in [2.24, 2.45) is 16.6 Å². The minimum atomic E-state index is -4.13. The molecule has 1 unspecified atom stereocenters. The quantitative estimate of drug-likeness (QED) is 0.390. The summed E-state index contributed by atoms with van der Waals surface area (Å²) in [6, 6.07) is 5.71. The highest BCUT2D eigenvalue weighted by atomic mass is 127. The number of halogens is 4. The zero-order chi connectivity index (χ0) is 16.7. The van der Waals surface area contributed by atoms with Crippen LogP contribution in [0.3, 0.4) is 0 Å². The van der Waals surface area contributed by atoms with E-state index in [0.717, 1.165) is 18.5 Å². The predicted octanol–water partition coefficient (Wildman–Crippen LogP) is 2.03. The molecule has 3 N–H and O–H groups in total. The highest BCUT2D eigenvalue weighted by Crippen LogP contribution is 2.22. The Kier molecular flexibility index (Phi) is 8.74. The minimum Gasteiger partial charge on any atom is -0.370 e. The molecule has 0 bridgehead atoms. The number of hydrogen-bond donors (Lipinski definition) is 2. The zero-order valence-corrected chi connectivity index (χ0v) is 15.6. The lowest BCUT2D eigenvalue weighted by atomic mass is 10.1. The van der Waals surface area contributed by atoms with Gasteiger partial charge < -0.3 is 11.1 Å². The van der Waals surface area contributed by atoms with Crippen molar-refractivity contribution in [3.63, 3.8) is 0 Å². The fraction of sp³-hybridized carbons (Fsp3) is 0.600. The lowest BCUT2D eigenvalue weighted by Gasteiger charge is -2.17. The number of guanidine groups is 1. The Balaban J connectivity index is 0.00000288. The van der Waals surface area contributed by atoms with Gasteiger partial charge in [0, 0.05) is 37.9 Å². The molecule has 1 aliphatic heterocycles. The Labute approximate surface area is 156 Å². The van der Waals surface area contributed by atoms with Crippen molar-refractivity contribution in [1.82, 2.24) is 15.2 Å². The molecule has 0 radical (unpaired) electrons. The Morgan fingerprint density at radius 3 is 2.88 bits per heavy atom.